The second kappa shape index (κ2) is 7.87. The molecule has 0 aliphatic carbocycles. The summed E-state index contributed by atoms with van der Waals surface area (Å²) in [5.74, 6) is -1.65. The molecular weight excluding hydrogens is 362 g/mol. The number of ether oxygens (including phenoxy) is 2. The molecule has 10 heteroatoms. The summed E-state index contributed by atoms with van der Waals surface area (Å²) >= 11 is 0. The first kappa shape index (κ1) is 21.0. The van der Waals surface area contributed by atoms with E-state index in [9.17, 15) is 26.8 Å². The predicted molar refractivity (Wildman–Crippen MR) is 83.0 cm³/mol. The molecule has 1 aromatic carbocycles. The van der Waals surface area contributed by atoms with Crippen molar-refractivity contribution in [2.75, 3.05) is 6.61 Å². The molecule has 0 aromatic heterocycles. The number of carbonyl (C=O) groups excluding carboxylic acids is 2. The Hall–Kier alpha value is -2.07. The van der Waals surface area contributed by atoms with Gasteiger partial charge >= 0.3 is 27.3 Å². The Kier molecular flexibility index (Phi) is 6.61. The van der Waals surface area contributed by atoms with Crippen molar-refractivity contribution >= 4 is 22.1 Å². The quantitative estimate of drug-likeness (QED) is 0.439. The summed E-state index contributed by atoms with van der Waals surface area (Å²) in [6.45, 7) is 3.53. The molecule has 0 unspecified atom stereocenters. The van der Waals surface area contributed by atoms with Crippen LogP contribution >= 0.6 is 0 Å². The molecule has 0 heterocycles. The molecule has 0 bridgehead atoms. The summed E-state index contributed by atoms with van der Waals surface area (Å²) in [4.78, 5) is 23.1. The van der Waals surface area contributed by atoms with E-state index in [2.05, 4.69) is 4.74 Å². The highest BCUT2D eigenvalue weighted by Crippen LogP contribution is 2.25. The van der Waals surface area contributed by atoms with Crippen LogP contribution in [-0.4, -0.2) is 36.8 Å². The number of halogens is 2. The number of rotatable bonds is 7. The number of hydrogen-bond donors (Lipinski definition) is 1. The predicted octanol–water partition coefficient (Wildman–Crippen LogP) is 2.32. The summed E-state index contributed by atoms with van der Waals surface area (Å²) in [6, 6.07) is 3.61. The van der Waals surface area contributed by atoms with Crippen molar-refractivity contribution in [3.63, 3.8) is 0 Å². The lowest BCUT2D eigenvalue weighted by Crippen LogP contribution is -2.34. The fourth-order valence-electron chi connectivity index (χ4n) is 2.01. The van der Waals surface area contributed by atoms with Crippen LogP contribution in [0.2, 0.25) is 0 Å². The summed E-state index contributed by atoms with van der Waals surface area (Å²) in [7, 11) is -5.69. The highest BCUT2D eigenvalue weighted by atomic mass is 32.2. The maximum Gasteiger partial charge on any atom is 0.402 e. The first-order chi connectivity index (χ1) is 11.3. The van der Waals surface area contributed by atoms with E-state index in [-0.39, 0.29) is 0 Å². The Morgan fingerprint density at radius 3 is 2.04 bits per heavy atom. The number of alkyl halides is 2. The van der Waals surface area contributed by atoms with Gasteiger partial charge in [0, 0.05) is 0 Å². The number of hydrogen-bond acceptors (Lipinski definition) is 6. The van der Waals surface area contributed by atoms with Crippen molar-refractivity contribution in [2.24, 2.45) is 0 Å². The molecule has 0 aliphatic rings. The van der Waals surface area contributed by atoms with Crippen molar-refractivity contribution < 1.29 is 40.8 Å². The van der Waals surface area contributed by atoms with Crippen molar-refractivity contribution in [3.8, 4) is 5.75 Å². The van der Waals surface area contributed by atoms with Crippen molar-refractivity contribution in [2.45, 2.75) is 38.9 Å². The van der Waals surface area contributed by atoms with Gasteiger partial charge in [-0.1, -0.05) is 17.7 Å². The van der Waals surface area contributed by atoms with Gasteiger partial charge in [0.05, 0.1) is 12.8 Å². The number of carbonyl (C=O) groups is 2. The molecule has 0 spiro atoms. The monoisotopic (exact) mass is 380 g/mol. The van der Waals surface area contributed by atoms with Gasteiger partial charge in [-0.2, -0.15) is 17.2 Å². The van der Waals surface area contributed by atoms with Crippen LogP contribution in [-0.2, 0) is 24.4 Å². The average molecular weight is 380 g/mol. The molecule has 0 radical (unpaired) electrons. The van der Waals surface area contributed by atoms with Crippen molar-refractivity contribution in [3.05, 3.63) is 28.8 Å². The first-order valence-corrected chi connectivity index (χ1v) is 8.56. The maximum absolute atomic E-state index is 12.9. The fraction of sp³-hybridized carbons (Fsp3) is 0.467. The molecule has 1 aromatic rings. The van der Waals surface area contributed by atoms with Gasteiger partial charge in [-0.15, -0.1) is 0 Å². The third-order valence-electron chi connectivity index (χ3n) is 3.13. The molecule has 0 saturated carbocycles. The van der Waals surface area contributed by atoms with E-state index in [0.717, 1.165) is 16.7 Å². The van der Waals surface area contributed by atoms with Crippen LogP contribution in [0.5, 0.6) is 5.75 Å². The Morgan fingerprint density at radius 1 is 1.08 bits per heavy atom. The molecule has 0 fully saturated rings. The second-order valence-electron chi connectivity index (χ2n) is 5.47. The van der Waals surface area contributed by atoms with E-state index >= 15 is 0 Å². The second-order valence-corrected chi connectivity index (χ2v) is 7.02. The zero-order valence-electron chi connectivity index (χ0n) is 13.8. The number of aryl methyl sites for hydroxylation is 3. The number of benzene rings is 1. The average Bonchev–Trinajstić information content (AvgIpc) is 2.45. The smallest absolute Gasteiger partial charge is 0.402 e. The lowest BCUT2D eigenvalue weighted by Gasteiger charge is -2.13. The highest BCUT2D eigenvalue weighted by molar-refractivity contribution is 7.86. The molecule has 0 amide bonds. The van der Waals surface area contributed by atoms with Gasteiger partial charge in [-0.3, -0.25) is 14.1 Å². The third kappa shape index (κ3) is 6.05. The molecule has 25 heavy (non-hydrogen) atoms. The van der Waals surface area contributed by atoms with E-state index in [0.29, 0.717) is 5.75 Å². The Labute approximate surface area is 143 Å². The first-order valence-electron chi connectivity index (χ1n) is 7.12. The Balaban J connectivity index is 2.54. The Morgan fingerprint density at radius 2 is 1.56 bits per heavy atom. The molecule has 7 nitrogen and oxygen atoms in total. The third-order valence-corrected chi connectivity index (χ3v) is 4.01. The summed E-state index contributed by atoms with van der Waals surface area (Å²) in [5, 5.41) is -4.61. The maximum atomic E-state index is 12.9. The standard InChI is InChI=1S/C15H18F2O7S/c1-9-6-10(2)14(11(3)7-9)24-13(19)5-4-12(18)23-8-15(16,17)25(20,21)22/h6-7H,4-5,8H2,1-3H3,(H,20,21,22). The van der Waals surface area contributed by atoms with Gasteiger partial charge in [0.15, 0.2) is 6.61 Å². The molecule has 1 rings (SSSR count). The van der Waals surface area contributed by atoms with Crippen LogP contribution in [0.1, 0.15) is 29.5 Å². The summed E-state index contributed by atoms with van der Waals surface area (Å²) < 4.78 is 64.0. The van der Waals surface area contributed by atoms with E-state index in [1.807, 2.05) is 6.92 Å². The molecule has 1 N–H and O–H groups in total. The van der Waals surface area contributed by atoms with E-state index in [4.69, 9.17) is 9.29 Å². The van der Waals surface area contributed by atoms with Gasteiger partial charge in [0.2, 0.25) is 0 Å². The van der Waals surface area contributed by atoms with Crippen LogP contribution in [0, 0.1) is 20.8 Å². The fourth-order valence-corrected chi connectivity index (χ4v) is 2.22. The van der Waals surface area contributed by atoms with Crippen molar-refractivity contribution in [1.82, 2.24) is 0 Å². The minimum atomic E-state index is -5.69. The molecule has 140 valence electrons. The zero-order valence-corrected chi connectivity index (χ0v) is 14.7. The van der Waals surface area contributed by atoms with E-state index in [1.54, 1.807) is 26.0 Å². The summed E-state index contributed by atoms with van der Waals surface area (Å²) in [6.07, 6.45) is -1.02. The minimum Gasteiger partial charge on any atom is -0.458 e. The number of esters is 2. The topological polar surface area (TPSA) is 107 Å². The Bertz CT molecular complexity index is 749. The molecular formula is C15H18F2O7S. The zero-order chi connectivity index (χ0) is 19.4. The van der Waals surface area contributed by atoms with E-state index < -0.39 is 46.8 Å². The lowest BCUT2D eigenvalue weighted by molar-refractivity contribution is -0.151. The minimum absolute atomic E-state index is 0.349. The van der Waals surface area contributed by atoms with Crippen LogP contribution < -0.4 is 4.74 Å². The van der Waals surface area contributed by atoms with E-state index in [1.165, 1.54) is 0 Å². The van der Waals surface area contributed by atoms with Crippen LogP contribution in [0.25, 0.3) is 0 Å². The molecule has 0 aliphatic heterocycles. The van der Waals surface area contributed by atoms with Gasteiger partial charge in [0.1, 0.15) is 5.75 Å². The summed E-state index contributed by atoms with van der Waals surface area (Å²) in [5.41, 5.74) is 2.43. The highest BCUT2D eigenvalue weighted by Gasteiger charge is 2.45. The molecule has 0 saturated heterocycles. The van der Waals surface area contributed by atoms with Crippen LogP contribution in [0.3, 0.4) is 0 Å². The van der Waals surface area contributed by atoms with Crippen molar-refractivity contribution in [1.29, 1.82) is 0 Å². The van der Waals surface area contributed by atoms with Gasteiger partial charge < -0.3 is 9.47 Å². The van der Waals surface area contributed by atoms with Crippen LogP contribution in [0.4, 0.5) is 8.78 Å². The van der Waals surface area contributed by atoms with Gasteiger partial charge in [-0.05, 0) is 31.9 Å². The normalized spacial score (nSPS) is 11.9. The van der Waals surface area contributed by atoms with Gasteiger partial charge in [-0.25, -0.2) is 0 Å². The van der Waals surface area contributed by atoms with Gasteiger partial charge in [0.25, 0.3) is 0 Å². The lowest BCUT2D eigenvalue weighted by atomic mass is 10.1. The SMILES string of the molecule is Cc1cc(C)c(OC(=O)CCC(=O)OCC(F)(F)S(=O)(=O)O)c(C)c1. The van der Waals surface area contributed by atoms with Crippen LogP contribution in [0.15, 0.2) is 12.1 Å². The largest absolute Gasteiger partial charge is 0.458 e. The molecule has 0 atom stereocenters.